The van der Waals surface area contributed by atoms with E-state index in [4.69, 9.17) is 22.1 Å². The number of sulfonamides is 1. The number of nitrogens with two attached hydrogens (primary N) is 1. The maximum absolute atomic E-state index is 12.6. The highest BCUT2D eigenvalue weighted by molar-refractivity contribution is 7.89. The summed E-state index contributed by atoms with van der Waals surface area (Å²) in [5.74, 6) is 0.250. The zero-order valence-electron chi connectivity index (χ0n) is 12.3. The standard InChI is InChI=1S/C13H21ClN2O3S.ClH/c1-4-13(5-2,9-15)16-20(17,18)12-8-10(14)6-7-11(12)19-3;/h6-8,16H,4-5,9,15H2,1-3H3;1H. The summed E-state index contributed by atoms with van der Waals surface area (Å²) in [7, 11) is -2.34. The number of hydrogen-bond acceptors (Lipinski definition) is 4. The van der Waals surface area contributed by atoms with E-state index in [0.717, 1.165) is 0 Å². The third-order valence-corrected chi connectivity index (χ3v) is 5.35. The molecule has 0 aliphatic heterocycles. The van der Waals surface area contributed by atoms with Crippen LogP contribution in [-0.4, -0.2) is 27.6 Å². The molecule has 0 bridgehead atoms. The van der Waals surface area contributed by atoms with Crippen LogP contribution in [0.25, 0.3) is 0 Å². The minimum Gasteiger partial charge on any atom is -0.495 e. The highest BCUT2D eigenvalue weighted by Gasteiger charge is 2.32. The first-order valence-corrected chi connectivity index (χ1v) is 8.28. The van der Waals surface area contributed by atoms with Gasteiger partial charge in [0, 0.05) is 17.1 Å². The third-order valence-electron chi connectivity index (χ3n) is 3.51. The Bertz CT molecular complexity index is 552. The maximum atomic E-state index is 12.6. The van der Waals surface area contributed by atoms with Gasteiger partial charge in [-0.2, -0.15) is 0 Å². The van der Waals surface area contributed by atoms with Crippen LogP contribution >= 0.6 is 24.0 Å². The van der Waals surface area contributed by atoms with Gasteiger partial charge in [0.2, 0.25) is 10.0 Å². The lowest BCUT2D eigenvalue weighted by Gasteiger charge is -2.31. The van der Waals surface area contributed by atoms with Crippen molar-refractivity contribution in [1.29, 1.82) is 0 Å². The van der Waals surface area contributed by atoms with Gasteiger partial charge in [-0.05, 0) is 31.0 Å². The summed E-state index contributed by atoms with van der Waals surface area (Å²) in [5.41, 5.74) is 5.07. The van der Waals surface area contributed by atoms with Gasteiger partial charge in [0.15, 0.2) is 0 Å². The van der Waals surface area contributed by atoms with Crippen molar-refractivity contribution in [1.82, 2.24) is 4.72 Å². The van der Waals surface area contributed by atoms with Crippen molar-refractivity contribution >= 4 is 34.0 Å². The molecule has 0 saturated heterocycles. The lowest BCUT2D eigenvalue weighted by atomic mass is 9.95. The second kappa shape index (κ2) is 8.19. The SMILES string of the molecule is CCC(CC)(CN)NS(=O)(=O)c1cc(Cl)ccc1OC.Cl. The molecule has 0 atom stereocenters. The summed E-state index contributed by atoms with van der Waals surface area (Å²) in [6.07, 6.45) is 1.20. The van der Waals surface area contributed by atoms with Gasteiger partial charge in [-0.3, -0.25) is 0 Å². The molecule has 0 aliphatic carbocycles. The fourth-order valence-electron chi connectivity index (χ4n) is 1.93. The predicted octanol–water partition coefficient (Wildman–Crippen LogP) is 2.57. The average molecular weight is 357 g/mol. The predicted molar refractivity (Wildman–Crippen MR) is 87.9 cm³/mol. The van der Waals surface area contributed by atoms with Gasteiger partial charge >= 0.3 is 0 Å². The lowest BCUT2D eigenvalue weighted by Crippen LogP contribution is -2.52. The molecular weight excluding hydrogens is 335 g/mol. The van der Waals surface area contributed by atoms with Crippen LogP contribution in [0.5, 0.6) is 5.75 Å². The fourth-order valence-corrected chi connectivity index (χ4v) is 3.91. The van der Waals surface area contributed by atoms with Gasteiger partial charge in [0.1, 0.15) is 10.6 Å². The normalized spacial score (nSPS) is 11.9. The number of halogens is 2. The van der Waals surface area contributed by atoms with Crippen LogP contribution in [0.2, 0.25) is 5.02 Å². The second-order valence-corrected chi connectivity index (χ2v) is 6.68. The number of rotatable bonds is 7. The number of benzene rings is 1. The highest BCUT2D eigenvalue weighted by atomic mass is 35.5. The Hall–Kier alpha value is -0.530. The van der Waals surface area contributed by atoms with Crippen LogP contribution in [0, 0.1) is 0 Å². The average Bonchev–Trinajstić information content (AvgIpc) is 2.45. The molecule has 0 aliphatic rings. The molecule has 0 amide bonds. The second-order valence-electron chi connectivity index (χ2n) is 4.59. The van der Waals surface area contributed by atoms with Crippen LogP contribution in [0.1, 0.15) is 26.7 Å². The molecular formula is C13H22Cl2N2O3S. The van der Waals surface area contributed by atoms with Crippen LogP contribution in [0.3, 0.4) is 0 Å². The van der Waals surface area contributed by atoms with E-state index in [0.29, 0.717) is 17.9 Å². The van der Waals surface area contributed by atoms with Crippen LogP contribution < -0.4 is 15.2 Å². The smallest absolute Gasteiger partial charge is 0.244 e. The third kappa shape index (κ3) is 4.72. The lowest BCUT2D eigenvalue weighted by molar-refractivity contribution is 0.360. The minimum atomic E-state index is -3.76. The molecule has 5 nitrogen and oxygen atoms in total. The monoisotopic (exact) mass is 356 g/mol. The van der Waals surface area contributed by atoms with Gasteiger partial charge in [-0.1, -0.05) is 25.4 Å². The van der Waals surface area contributed by atoms with E-state index >= 15 is 0 Å². The Kier molecular flexibility index (Phi) is 7.99. The van der Waals surface area contributed by atoms with Crippen LogP contribution in [-0.2, 0) is 10.0 Å². The molecule has 0 saturated carbocycles. The molecule has 0 radical (unpaired) electrons. The summed E-state index contributed by atoms with van der Waals surface area (Å²) in [5, 5.41) is 0.331. The molecule has 0 fully saturated rings. The largest absolute Gasteiger partial charge is 0.495 e. The van der Waals surface area contributed by atoms with Crippen molar-refractivity contribution in [3.63, 3.8) is 0 Å². The van der Waals surface area contributed by atoms with Crippen LogP contribution in [0.4, 0.5) is 0 Å². The molecule has 1 aromatic carbocycles. The fraction of sp³-hybridized carbons (Fsp3) is 0.538. The maximum Gasteiger partial charge on any atom is 0.244 e. The van der Waals surface area contributed by atoms with Crippen molar-refractivity contribution in [2.75, 3.05) is 13.7 Å². The quantitative estimate of drug-likeness (QED) is 0.786. The summed E-state index contributed by atoms with van der Waals surface area (Å²) >= 11 is 5.88. The Balaban J connectivity index is 0.00000400. The van der Waals surface area contributed by atoms with Gasteiger partial charge in [-0.15, -0.1) is 12.4 Å². The van der Waals surface area contributed by atoms with E-state index in [1.54, 1.807) is 6.07 Å². The van der Waals surface area contributed by atoms with Crippen molar-refractivity contribution in [2.45, 2.75) is 37.1 Å². The summed E-state index contributed by atoms with van der Waals surface area (Å²) < 4.78 is 32.9. The molecule has 0 spiro atoms. The molecule has 21 heavy (non-hydrogen) atoms. The first-order valence-electron chi connectivity index (χ1n) is 6.41. The van der Waals surface area contributed by atoms with E-state index in [-0.39, 0.29) is 29.6 Å². The number of methoxy groups -OCH3 is 1. The van der Waals surface area contributed by atoms with Crippen molar-refractivity contribution < 1.29 is 13.2 Å². The van der Waals surface area contributed by atoms with E-state index in [1.807, 2.05) is 13.8 Å². The van der Waals surface area contributed by atoms with Crippen LogP contribution in [0.15, 0.2) is 23.1 Å². The van der Waals surface area contributed by atoms with Gasteiger partial charge in [0.25, 0.3) is 0 Å². The molecule has 0 unspecified atom stereocenters. The molecule has 1 rings (SSSR count). The van der Waals surface area contributed by atoms with Gasteiger partial charge < -0.3 is 10.5 Å². The zero-order chi connectivity index (χ0) is 15.4. The molecule has 122 valence electrons. The van der Waals surface area contributed by atoms with Gasteiger partial charge in [0.05, 0.1) is 7.11 Å². The topological polar surface area (TPSA) is 81.4 Å². The van der Waals surface area contributed by atoms with Crippen molar-refractivity contribution in [3.8, 4) is 5.75 Å². The Labute approximate surface area is 137 Å². The van der Waals surface area contributed by atoms with E-state index < -0.39 is 15.6 Å². The number of hydrogen-bond donors (Lipinski definition) is 2. The summed E-state index contributed by atoms with van der Waals surface area (Å²) in [4.78, 5) is 0.0206. The first-order chi connectivity index (χ1) is 9.34. The summed E-state index contributed by atoms with van der Waals surface area (Å²) in [6.45, 7) is 4.02. The number of ether oxygens (including phenoxy) is 1. The minimum absolute atomic E-state index is 0. The Morgan fingerprint density at radius 1 is 1.33 bits per heavy atom. The van der Waals surface area contributed by atoms with E-state index in [1.165, 1.54) is 19.2 Å². The molecule has 0 aromatic heterocycles. The number of nitrogens with one attached hydrogen (secondary N) is 1. The Morgan fingerprint density at radius 2 is 1.90 bits per heavy atom. The molecule has 1 aromatic rings. The molecule has 8 heteroatoms. The first kappa shape index (κ1) is 20.5. The summed E-state index contributed by atoms with van der Waals surface area (Å²) in [6, 6.07) is 4.48. The van der Waals surface area contributed by atoms with Crippen molar-refractivity contribution in [3.05, 3.63) is 23.2 Å². The molecule has 3 N–H and O–H groups in total. The highest BCUT2D eigenvalue weighted by Crippen LogP contribution is 2.28. The van der Waals surface area contributed by atoms with E-state index in [9.17, 15) is 8.42 Å². The van der Waals surface area contributed by atoms with Gasteiger partial charge in [-0.25, -0.2) is 13.1 Å². The molecule has 0 heterocycles. The zero-order valence-corrected chi connectivity index (χ0v) is 14.7. The van der Waals surface area contributed by atoms with Crippen molar-refractivity contribution in [2.24, 2.45) is 5.73 Å². The Morgan fingerprint density at radius 3 is 2.33 bits per heavy atom. The van der Waals surface area contributed by atoms with E-state index in [2.05, 4.69) is 4.72 Å².